The van der Waals surface area contributed by atoms with E-state index in [1.165, 1.54) is 18.2 Å². The van der Waals surface area contributed by atoms with Crippen LogP contribution in [0.5, 0.6) is 0 Å². The van der Waals surface area contributed by atoms with E-state index < -0.39 is 11.7 Å². The first kappa shape index (κ1) is 9.98. The minimum Gasteiger partial charge on any atom is -0.545 e. The lowest BCUT2D eigenvalue weighted by atomic mass is 10.2. The summed E-state index contributed by atoms with van der Waals surface area (Å²) in [6.45, 7) is 0. The molecule has 0 spiro atoms. The second-order valence-electron chi connectivity index (χ2n) is 2.19. The molecule has 0 N–H and O–H groups in total. The van der Waals surface area contributed by atoms with Gasteiger partial charge in [0.15, 0.2) is 0 Å². The highest BCUT2D eigenvalue weighted by atomic mass is 32.2. The summed E-state index contributed by atoms with van der Waals surface area (Å²) in [5.74, 6) is -3.91. The van der Waals surface area contributed by atoms with Crippen molar-refractivity contribution in [2.24, 2.45) is 0 Å². The number of aromatic carboxylic acids is 1. The molecule has 1 rings (SSSR count). The fourth-order valence-electron chi connectivity index (χ4n) is 0.799. The normalized spacial score (nSPS) is 10.4. The van der Waals surface area contributed by atoms with E-state index in [0.717, 1.165) is 6.07 Å². The van der Waals surface area contributed by atoms with E-state index in [4.69, 9.17) is 0 Å². The molecule has 1 aromatic rings. The highest BCUT2D eigenvalue weighted by Crippen LogP contribution is 2.25. The highest BCUT2D eigenvalue weighted by molar-refractivity contribution is 7.99. The van der Waals surface area contributed by atoms with Crippen LogP contribution >= 0.6 is 11.8 Å². The maximum absolute atomic E-state index is 11.9. The Bertz CT molecular complexity index is 315. The van der Waals surface area contributed by atoms with Gasteiger partial charge in [0.1, 0.15) is 0 Å². The standard InChI is InChI=1S/C8H6F2O2S/c9-8(10)13-6-3-1-2-5(4-6)7(11)12/h1-4,8H,(H,11,12)/p-1. The lowest BCUT2D eigenvalue weighted by Gasteiger charge is -2.04. The van der Waals surface area contributed by atoms with Crippen molar-refractivity contribution in [2.45, 2.75) is 10.7 Å². The monoisotopic (exact) mass is 203 g/mol. The average Bonchev–Trinajstić information content (AvgIpc) is 2.03. The zero-order chi connectivity index (χ0) is 9.84. The molecule has 0 aliphatic carbocycles. The SMILES string of the molecule is O=C([O-])c1cccc(SC(F)F)c1. The van der Waals surface area contributed by atoms with Crippen molar-refractivity contribution in [2.75, 3.05) is 0 Å². The van der Waals surface area contributed by atoms with Crippen LogP contribution in [0.2, 0.25) is 0 Å². The number of carbonyl (C=O) groups is 1. The van der Waals surface area contributed by atoms with Crippen molar-refractivity contribution in [1.82, 2.24) is 0 Å². The number of rotatable bonds is 3. The van der Waals surface area contributed by atoms with E-state index in [1.807, 2.05) is 0 Å². The number of carboxylic acids is 1. The van der Waals surface area contributed by atoms with Crippen LogP contribution in [-0.2, 0) is 0 Å². The predicted molar refractivity (Wildman–Crippen MR) is 42.6 cm³/mol. The van der Waals surface area contributed by atoms with Crippen LogP contribution in [0.3, 0.4) is 0 Å². The van der Waals surface area contributed by atoms with Gasteiger partial charge in [-0.25, -0.2) is 0 Å². The van der Waals surface area contributed by atoms with Crippen LogP contribution in [0.4, 0.5) is 8.78 Å². The third-order valence-corrected chi connectivity index (χ3v) is 2.00. The number of hydrogen-bond donors (Lipinski definition) is 0. The number of hydrogen-bond acceptors (Lipinski definition) is 3. The Morgan fingerprint density at radius 3 is 2.69 bits per heavy atom. The van der Waals surface area contributed by atoms with E-state index in [9.17, 15) is 18.7 Å². The predicted octanol–water partition coefficient (Wildman–Crippen LogP) is 1.36. The van der Waals surface area contributed by atoms with Crippen molar-refractivity contribution in [3.8, 4) is 0 Å². The first-order valence-corrected chi connectivity index (χ1v) is 4.24. The lowest BCUT2D eigenvalue weighted by molar-refractivity contribution is -0.255. The van der Waals surface area contributed by atoms with E-state index in [-0.39, 0.29) is 10.5 Å². The maximum Gasteiger partial charge on any atom is 0.288 e. The summed E-state index contributed by atoms with van der Waals surface area (Å²) in [6, 6.07) is 5.27. The molecule has 5 heteroatoms. The van der Waals surface area contributed by atoms with Gasteiger partial charge in [-0.1, -0.05) is 23.9 Å². The fourth-order valence-corrected chi connectivity index (χ4v) is 1.36. The molecule has 2 nitrogen and oxygen atoms in total. The summed E-state index contributed by atoms with van der Waals surface area (Å²) in [5, 5.41) is 10.3. The fraction of sp³-hybridized carbons (Fsp3) is 0.125. The first-order chi connectivity index (χ1) is 6.09. The summed E-state index contributed by atoms with van der Waals surface area (Å²) in [7, 11) is 0. The summed E-state index contributed by atoms with van der Waals surface area (Å²) >= 11 is 0.306. The van der Waals surface area contributed by atoms with E-state index >= 15 is 0 Å². The number of thioether (sulfide) groups is 1. The van der Waals surface area contributed by atoms with Crippen LogP contribution in [0.15, 0.2) is 29.2 Å². The molecule has 0 radical (unpaired) electrons. The zero-order valence-electron chi connectivity index (χ0n) is 6.37. The Morgan fingerprint density at radius 2 is 2.15 bits per heavy atom. The van der Waals surface area contributed by atoms with Crippen molar-refractivity contribution in [1.29, 1.82) is 0 Å². The van der Waals surface area contributed by atoms with Gasteiger partial charge < -0.3 is 9.90 Å². The van der Waals surface area contributed by atoms with Crippen LogP contribution < -0.4 is 5.11 Å². The third kappa shape index (κ3) is 3.02. The number of halogens is 2. The lowest BCUT2D eigenvalue weighted by Crippen LogP contribution is -2.22. The Kier molecular flexibility index (Phi) is 3.25. The minimum absolute atomic E-state index is 0.0920. The van der Waals surface area contributed by atoms with Gasteiger partial charge in [-0.2, -0.15) is 8.78 Å². The molecule has 0 heterocycles. The minimum atomic E-state index is -2.54. The van der Waals surface area contributed by atoms with E-state index in [2.05, 4.69) is 0 Å². The summed E-state index contributed by atoms with van der Waals surface area (Å²) in [6.07, 6.45) is 0. The van der Waals surface area contributed by atoms with Crippen LogP contribution in [0.25, 0.3) is 0 Å². The van der Waals surface area contributed by atoms with E-state index in [0.29, 0.717) is 11.8 Å². The quantitative estimate of drug-likeness (QED) is 0.696. The highest BCUT2D eigenvalue weighted by Gasteiger charge is 2.05. The molecule has 70 valence electrons. The van der Waals surface area contributed by atoms with Crippen molar-refractivity contribution >= 4 is 17.7 Å². The maximum atomic E-state index is 11.9. The number of alkyl halides is 2. The molecule has 0 amide bonds. The summed E-state index contributed by atoms with van der Waals surface area (Å²) in [5.41, 5.74) is -0.0920. The molecule has 0 aliphatic heterocycles. The summed E-state index contributed by atoms with van der Waals surface area (Å²) in [4.78, 5) is 10.6. The third-order valence-electron chi connectivity index (χ3n) is 1.29. The van der Waals surface area contributed by atoms with Gasteiger partial charge in [-0.05, 0) is 17.7 Å². The second kappa shape index (κ2) is 4.23. The topological polar surface area (TPSA) is 40.1 Å². The second-order valence-corrected chi connectivity index (χ2v) is 3.26. The van der Waals surface area contributed by atoms with Gasteiger partial charge in [0.25, 0.3) is 5.76 Å². The summed E-state index contributed by atoms with van der Waals surface area (Å²) < 4.78 is 23.7. The molecule has 0 saturated carbocycles. The first-order valence-electron chi connectivity index (χ1n) is 3.36. The molecule has 0 aliphatic rings. The molecule has 0 unspecified atom stereocenters. The number of carbonyl (C=O) groups excluding carboxylic acids is 1. The Morgan fingerprint density at radius 1 is 1.46 bits per heavy atom. The van der Waals surface area contributed by atoms with Crippen LogP contribution in [0.1, 0.15) is 10.4 Å². The van der Waals surface area contributed by atoms with Crippen LogP contribution in [-0.4, -0.2) is 11.7 Å². The molecular weight excluding hydrogens is 198 g/mol. The molecule has 0 fully saturated rings. The van der Waals surface area contributed by atoms with Crippen molar-refractivity contribution in [3.63, 3.8) is 0 Å². The smallest absolute Gasteiger partial charge is 0.288 e. The molecule has 0 saturated heterocycles. The number of benzene rings is 1. The van der Waals surface area contributed by atoms with Gasteiger partial charge in [0.05, 0.1) is 5.97 Å². The van der Waals surface area contributed by atoms with Gasteiger partial charge in [-0.3, -0.25) is 0 Å². The Labute approximate surface area is 77.6 Å². The molecular formula is C8H5F2O2S-. The molecule has 0 atom stereocenters. The van der Waals surface area contributed by atoms with E-state index in [1.54, 1.807) is 0 Å². The van der Waals surface area contributed by atoms with Gasteiger partial charge in [0.2, 0.25) is 0 Å². The van der Waals surface area contributed by atoms with Gasteiger partial charge in [-0.15, -0.1) is 0 Å². The van der Waals surface area contributed by atoms with Crippen LogP contribution in [0, 0.1) is 0 Å². The van der Waals surface area contributed by atoms with Gasteiger partial charge >= 0.3 is 0 Å². The Hall–Kier alpha value is -1.10. The average molecular weight is 203 g/mol. The Balaban J connectivity index is 2.85. The number of carboxylic acid groups (broad SMARTS) is 1. The van der Waals surface area contributed by atoms with Crippen molar-refractivity contribution < 1.29 is 18.7 Å². The molecule has 0 bridgehead atoms. The van der Waals surface area contributed by atoms with Gasteiger partial charge in [0, 0.05) is 4.90 Å². The molecule has 0 aromatic heterocycles. The largest absolute Gasteiger partial charge is 0.545 e. The zero-order valence-corrected chi connectivity index (χ0v) is 7.18. The van der Waals surface area contributed by atoms with Crippen molar-refractivity contribution in [3.05, 3.63) is 29.8 Å². The molecule has 13 heavy (non-hydrogen) atoms. The molecule has 1 aromatic carbocycles.